The number of hydrogen-bond donors (Lipinski definition) is 2. The summed E-state index contributed by atoms with van der Waals surface area (Å²) in [5.74, 6) is 1.30. The number of hydrogen-bond acceptors (Lipinski definition) is 7. The molecule has 1 aromatic carbocycles. The SMILES string of the molecule is O=c1c2cc(CN3CCOCC3)ccc2c2cnc(NCC3CC3)nc2n1C1CCC(O)CC1. The highest BCUT2D eigenvalue weighted by Crippen LogP contribution is 2.33. The molecule has 0 amide bonds. The molecular formula is C26H33N5O3. The van der Waals surface area contributed by atoms with Crippen LogP contribution in [0.15, 0.2) is 29.2 Å². The van der Waals surface area contributed by atoms with Crippen LogP contribution in [0.5, 0.6) is 0 Å². The topological polar surface area (TPSA) is 92.5 Å². The van der Waals surface area contributed by atoms with E-state index in [2.05, 4.69) is 33.4 Å². The van der Waals surface area contributed by atoms with E-state index in [0.717, 1.165) is 74.0 Å². The van der Waals surface area contributed by atoms with Crippen molar-refractivity contribution in [3.63, 3.8) is 0 Å². The van der Waals surface area contributed by atoms with E-state index in [1.807, 2.05) is 10.8 Å². The first-order chi connectivity index (χ1) is 16.7. The van der Waals surface area contributed by atoms with Gasteiger partial charge in [0.25, 0.3) is 5.56 Å². The van der Waals surface area contributed by atoms with E-state index in [9.17, 15) is 9.90 Å². The minimum Gasteiger partial charge on any atom is -0.393 e. The molecule has 0 radical (unpaired) electrons. The molecule has 0 bridgehead atoms. The first kappa shape index (κ1) is 21.9. The highest BCUT2D eigenvalue weighted by molar-refractivity contribution is 6.04. The van der Waals surface area contributed by atoms with E-state index < -0.39 is 0 Å². The Morgan fingerprint density at radius 2 is 1.82 bits per heavy atom. The number of morpholine rings is 1. The van der Waals surface area contributed by atoms with Crippen molar-refractivity contribution in [3.8, 4) is 0 Å². The van der Waals surface area contributed by atoms with Gasteiger partial charge < -0.3 is 15.2 Å². The van der Waals surface area contributed by atoms with Crippen LogP contribution < -0.4 is 10.9 Å². The van der Waals surface area contributed by atoms with E-state index in [1.165, 1.54) is 12.8 Å². The van der Waals surface area contributed by atoms with E-state index in [-0.39, 0.29) is 17.7 Å². The minimum absolute atomic E-state index is 0.0135. The zero-order valence-corrected chi connectivity index (χ0v) is 19.6. The van der Waals surface area contributed by atoms with Gasteiger partial charge in [-0.25, -0.2) is 4.98 Å². The molecule has 0 atom stereocenters. The molecule has 2 saturated carbocycles. The monoisotopic (exact) mass is 463 g/mol. The molecule has 8 heteroatoms. The summed E-state index contributed by atoms with van der Waals surface area (Å²) in [7, 11) is 0. The molecule has 34 heavy (non-hydrogen) atoms. The fourth-order valence-corrected chi connectivity index (χ4v) is 5.39. The van der Waals surface area contributed by atoms with E-state index in [4.69, 9.17) is 9.72 Å². The van der Waals surface area contributed by atoms with Crippen molar-refractivity contribution in [2.45, 2.75) is 57.2 Å². The predicted molar refractivity (Wildman–Crippen MR) is 132 cm³/mol. The van der Waals surface area contributed by atoms with Gasteiger partial charge in [0, 0.05) is 49.2 Å². The second-order valence-electron chi connectivity index (χ2n) is 10.2. The van der Waals surface area contributed by atoms with Crippen LogP contribution in [0.25, 0.3) is 21.8 Å². The van der Waals surface area contributed by atoms with Gasteiger partial charge >= 0.3 is 0 Å². The third kappa shape index (κ3) is 4.42. The number of rotatable bonds is 6. The highest BCUT2D eigenvalue weighted by Gasteiger charge is 2.26. The highest BCUT2D eigenvalue weighted by atomic mass is 16.5. The van der Waals surface area contributed by atoms with Crippen molar-refractivity contribution in [2.75, 3.05) is 38.2 Å². The maximum atomic E-state index is 13.9. The molecule has 3 aromatic rings. The molecule has 3 aliphatic rings. The standard InChI is InChI=1S/C26H33N5O3/c32-20-6-4-19(5-7-20)31-24-23(15-28-26(29-24)27-14-17-1-2-17)21-8-3-18(13-22(21)25(31)33)16-30-9-11-34-12-10-30/h3,8,13,15,17,19-20,32H,1-2,4-7,9-12,14,16H2,(H,27,28,29). The Hall–Kier alpha value is -2.55. The lowest BCUT2D eigenvalue weighted by atomic mass is 9.92. The minimum atomic E-state index is -0.274. The van der Waals surface area contributed by atoms with Gasteiger partial charge in [-0.3, -0.25) is 14.3 Å². The molecule has 2 aromatic heterocycles. The van der Waals surface area contributed by atoms with Gasteiger partial charge in [-0.05, 0) is 61.5 Å². The second kappa shape index (κ2) is 9.24. The van der Waals surface area contributed by atoms with Gasteiger partial charge in [-0.2, -0.15) is 4.98 Å². The van der Waals surface area contributed by atoms with Crippen LogP contribution >= 0.6 is 0 Å². The van der Waals surface area contributed by atoms with Crippen molar-refractivity contribution in [1.82, 2.24) is 19.4 Å². The Morgan fingerprint density at radius 3 is 2.59 bits per heavy atom. The first-order valence-electron chi connectivity index (χ1n) is 12.7. The van der Waals surface area contributed by atoms with Gasteiger partial charge in [0.05, 0.1) is 19.3 Å². The number of aromatic nitrogens is 3. The Balaban J connectivity index is 1.44. The molecule has 2 N–H and O–H groups in total. The van der Waals surface area contributed by atoms with E-state index in [0.29, 0.717) is 30.4 Å². The smallest absolute Gasteiger partial charge is 0.260 e. The number of benzene rings is 1. The number of nitrogens with one attached hydrogen (secondary N) is 1. The summed E-state index contributed by atoms with van der Waals surface area (Å²) in [6.45, 7) is 5.03. The van der Waals surface area contributed by atoms with E-state index >= 15 is 0 Å². The fraction of sp³-hybridized carbons (Fsp3) is 0.577. The molecule has 0 unspecified atom stereocenters. The fourth-order valence-electron chi connectivity index (χ4n) is 5.39. The number of anilines is 1. The summed E-state index contributed by atoms with van der Waals surface area (Å²) >= 11 is 0. The third-order valence-electron chi connectivity index (χ3n) is 7.61. The van der Waals surface area contributed by atoms with Crippen molar-refractivity contribution in [1.29, 1.82) is 0 Å². The summed E-state index contributed by atoms with van der Waals surface area (Å²) < 4.78 is 7.37. The largest absolute Gasteiger partial charge is 0.393 e. The summed E-state index contributed by atoms with van der Waals surface area (Å²) in [5, 5.41) is 16.0. The van der Waals surface area contributed by atoms with Gasteiger partial charge in [0.15, 0.2) is 0 Å². The van der Waals surface area contributed by atoms with Crippen LogP contribution in [0.3, 0.4) is 0 Å². The van der Waals surface area contributed by atoms with Crippen LogP contribution in [0.4, 0.5) is 5.95 Å². The lowest BCUT2D eigenvalue weighted by Gasteiger charge is -2.28. The molecule has 6 rings (SSSR count). The Labute approximate surface area is 198 Å². The number of pyridine rings is 1. The molecule has 3 fully saturated rings. The maximum absolute atomic E-state index is 13.9. The average Bonchev–Trinajstić information content (AvgIpc) is 3.69. The average molecular weight is 464 g/mol. The van der Waals surface area contributed by atoms with Crippen LogP contribution in [0.2, 0.25) is 0 Å². The summed E-state index contributed by atoms with van der Waals surface area (Å²) in [6.07, 6.45) is 7.10. The number of nitrogens with zero attached hydrogens (tertiary/aromatic N) is 4. The quantitative estimate of drug-likeness (QED) is 0.543. The molecule has 8 nitrogen and oxygen atoms in total. The molecule has 3 heterocycles. The zero-order valence-electron chi connectivity index (χ0n) is 19.6. The molecule has 2 aliphatic carbocycles. The van der Waals surface area contributed by atoms with Gasteiger partial charge in [0.1, 0.15) is 5.65 Å². The van der Waals surface area contributed by atoms with Gasteiger partial charge in [0.2, 0.25) is 5.95 Å². The van der Waals surface area contributed by atoms with Gasteiger partial charge in [-0.1, -0.05) is 12.1 Å². The number of fused-ring (bicyclic) bond motifs is 3. The number of ether oxygens (including phenoxy) is 1. The van der Waals surface area contributed by atoms with Crippen molar-refractivity contribution in [2.24, 2.45) is 5.92 Å². The van der Waals surface area contributed by atoms with E-state index in [1.54, 1.807) is 0 Å². The third-order valence-corrected chi connectivity index (χ3v) is 7.61. The van der Waals surface area contributed by atoms with Crippen molar-refractivity contribution in [3.05, 3.63) is 40.3 Å². The predicted octanol–water partition coefficient (Wildman–Crippen LogP) is 3.07. The maximum Gasteiger partial charge on any atom is 0.260 e. The van der Waals surface area contributed by atoms with Gasteiger partial charge in [-0.15, -0.1) is 0 Å². The molecule has 180 valence electrons. The number of aliphatic hydroxyl groups is 1. The first-order valence-corrected chi connectivity index (χ1v) is 12.7. The Morgan fingerprint density at radius 1 is 1.03 bits per heavy atom. The molecular weight excluding hydrogens is 430 g/mol. The van der Waals surface area contributed by atoms with Crippen LogP contribution in [-0.2, 0) is 11.3 Å². The van der Waals surface area contributed by atoms with Crippen molar-refractivity contribution >= 4 is 27.8 Å². The van der Waals surface area contributed by atoms with Crippen LogP contribution in [0, 0.1) is 5.92 Å². The summed E-state index contributed by atoms with van der Waals surface area (Å²) in [6, 6.07) is 6.28. The van der Waals surface area contributed by atoms with Crippen molar-refractivity contribution < 1.29 is 9.84 Å². The lowest BCUT2D eigenvalue weighted by Crippen LogP contribution is -2.35. The summed E-state index contributed by atoms with van der Waals surface area (Å²) in [4.78, 5) is 25.8. The molecule has 0 spiro atoms. The van der Waals surface area contributed by atoms with Crippen LogP contribution in [0.1, 0.15) is 50.1 Å². The molecule has 1 aliphatic heterocycles. The normalized spacial score (nSPS) is 24.0. The Bertz CT molecular complexity index is 1240. The second-order valence-corrected chi connectivity index (χ2v) is 10.2. The Kier molecular flexibility index (Phi) is 5.97. The zero-order chi connectivity index (χ0) is 23.1. The van der Waals surface area contributed by atoms with Crippen LogP contribution in [-0.4, -0.2) is 63.5 Å². The lowest BCUT2D eigenvalue weighted by molar-refractivity contribution is 0.0342. The number of aliphatic hydroxyl groups excluding tert-OH is 1. The molecule has 1 saturated heterocycles. The summed E-state index contributed by atoms with van der Waals surface area (Å²) in [5.41, 5.74) is 1.85.